The van der Waals surface area contributed by atoms with E-state index in [0.717, 1.165) is 22.5 Å². The van der Waals surface area contributed by atoms with Crippen LogP contribution in [0.3, 0.4) is 0 Å². The maximum absolute atomic E-state index is 12.8. The van der Waals surface area contributed by atoms with Crippen LogP contribution in [0.4, 0.5) is 16.2 Å². The molecule has 128 valence electrons. The van der Waals surface area contributed by atoms with E-state index in [1.165, 1.54) is 0 Å². The highest BCUT2D eigenvalue weighted by atomic mass is 16.6. The molecule has 24 heavy (non-hydrogen) atoms. The summed E-state index contributed by atoms with van der Waals surface area (Å²) in [6.07, 6.45) is -0.335. The normalized spacial score (nSPS) is 11.0. The first-order chi connectivity index (χ1) is 11.5. The van der Waals surface area contributed by atoms with Gasteiger partial charge >= 0.3 is 6.09 Å². The fraction of sp³-hybridized carbons (Fsp3) is 0.381. The van der Waals surface area contributed by atoms with E-state index in [-0.39, 0.29) is 6.09 Å². The average Bonchev–Trinajstić information content (AvgIpc) is 2.56. The summed E-state index contributed by atoms with van der Waals surface area (Å²) >= 11 is 0. The minimum atomic E-state index is -0.335. The molecule has 0 aliphatic heterocycles. The number of benzene rings is 2. The molecule has 0 aliphatic rings. The molecule has 0 N–H and O–H groups in total. The Morgan fingerprint density at radius 1 is 0.917 bits per heavy atom. The first-order valence-corrected chi connectivity index (χ1v) is 8.62. The molecule has 0 unspecified atom stereocenters. The zero-order valence-electron chi connectivity index (χ0n) is 15.2. The lowest BCUT2D eigenvalue weighted by Gasteiger charge is -2.29. The van der Waals surface area contributed by atoms with Crippen LogP contribution in [0.25, 0.3) is 0 Å². The minimum absolute atomic E-state index is 0.305. The molecule has 0 atom stereocenters. The van der Waals surface area contributed by atoms with Gasteiger partial charge in [0.25, 0.3) is 0 Å². The third-order valence-corrected chi connectivity index (χ3v) is 4.03. The summed E-state index contributed by atoms with van der Waals surface area (Å²) in [6.45, 7) is 10.8. The molecule has 0 fully saturated rings. The minimum Gasteiger partial charge on any atom is -0.449 e. The van der Waals surface area contributed by atoms with Crippen LogP contribution in [-0.4, -0.2) is 12.7 Å². The molecule has 0 aliphatic carbocycles. The molecule has 1 amide bonds. The van der Waals surface area contributed by atoms with Crippen LogP contribution in [0.5, 0.6) is 0 Å². The molecule has 0 saturated carbocycles. The smallest absolute Gasteiger partial charge is 0.418 e. The molecule has 2 aromatic carbocycles. The van der Waals surface area contributed by atoms with Crippen LogP contribution in [0, 0.1) is 0 Å². The van der Waals surface area contributed by atoms with Crippen molar-refractivity contribution in [3.05, 3.63) is 59.7 Å². The van der Waals surface area contributed by atoms with Crippen molar-refractivity contribution in [1.29, 1.82) is 0 Å². The summed E-state index contributed by atoms with van der Waals surface area (Å²) in [6, 6.07) is 16.0. The number of hydrogen-bond donors (Lipinski definition) is 0. The van der Waals surface area contributed by atoms with Crippen molar-refractivity contribution in [3.63, 3.8) is 0 Å². The molecule has 2 aromatic rings. The summed E-state index contributed by atoms with van der Waals surface area (Å²) in [5.74, 6) is 0.610. The predicted molar refractivity (Wildman–Crippen MR) is 100 cm³/mol. The number of carbonyl (C=O) groups is 1. The molecule has 3 heteroatoms. The van der Waals surface area contributed by atoms with Gasteiger partial charge in [-0.3, -0.25) is 0 Å². The van der Waals surface area contributed by atoms with E-state index in [1.54, 1.807) is 4.90 Å². The number of carbonyl (C=O) groups excluding carboxylic acids is 1. The fourth-order valence-electron chi connectivity index (χ4n) is 2.86. The molecule has 3 nitrogen and oxygen atoms in total. The van der Waals surface area contributed by atoms with Crippen molar-refractivity contribution in [2.45, 2.75) is 46.5 Å². The number of ether oxygens (including phenoxy) is 1. The first kappa shape index (κ1) is 18.1. The zero-order chi connectivity index (χ0) is 17.7. The fourth-order valence-corrected chi connectivity index (χ4v) is 2.86. The second-order valence-electron chi connectivity index (χ2n) is 6.46. The number of amides is 1. The highest BCUT2D eigenvalue weighted by Gasteiger charge is 2.26. The third-order valence-electron chi connectivity index (χ3n) is 4.03. The Morgan fingerprint density at radius 2 is 1.46 bits per heavy atom. The van der Waals surface area contributed by atoms with E-state index in [2.05, 4.69) is 45.9 Å². The first-order valence-electron chi connectivity index (χ1n) is 8.62. The zero-order valence-corrected chi connectivity index (χ0v) is 15.2. The molecule has 0 saturated heterocycles. The van der Waals surface area contributed by atoms with Crippen LogP contribution < -0.4 is 4.90 Å². The van der Waals surface area contributed by atoms with Crippen molar-refractivity contribution >= 4 is 17.5 Å². The average molecular weight is 325 g/mol. The molecule has 2 rings (SSSR count). The van der Waals surface area contributed by atoms with Gasteiger partial charge < -0.3 is 4.74 Å². The lowest BCUT2D eigenvalue weighted by atomic mass is 9.91. The van der Waals surface area contributed by atoms with Crippen molar-refractivity contribution in [3.8, 4) is 0 Å². The van der Waals surface area contributed by atoms with Crippen molar-refractivity contribution < 1.29 is 9.53 Å². The van der Waals surface area contributed by atoms with Gasteiger partial charge in [0.05, 0.1) is 18.0 Å². The molecule has 0 radical (unpaired) electrons. The Labute approximate surface area is 145 Å². The van der Waals surface area contributed by atoms with Crippen LogP contribution in [0.15, 0.2) is 48.5 Å². The van der Waals surface area contributed by atoms with Gasteiger partial charge in [-0.15, -0.1) is 0 Å². The Kier molecular flexibility index (Phi) is 6.02. The van der Waals surface area contributed by atoms with E-state index < -0.39 is 0 Å². The van der Waals surface area contributed by atoms with E-state index >= 15 is 0 Å². The van der Waals surface area contributed by atoms with Gasteiger partial charge in [-0.25, -0.2) is 9.69 Å². The molecule has 0 bridgehead atoms. The lowest BCUT2D eigenvalue weighted by molar-refractivity contribution is 0.162. The predicted octanol–water partition coefficient (Wildman–Crippen LogP) is 6.23. The largest absolute Gasteiger partial charge is 0.449 e. The number of para-hydroxylation sites is 2. The molecule has 0 aromatic heterocycles. The van der Waals surface area contributed by atoms with Crippen LogP contribution in [-0.2, 0) is 4.74 Å². The van der Waals surface area contributed by atoms with Gasteiger partial charge in [0.2, 0.25) is 0 Å². The van der Waals surface area contributed by atoms with Crippen LogP contribution >= 0.6 is 0 Å². The maximum atomic E-state index is 12.8. The van der Waals surface area contributed by atoms with Gasteiger partial charge in [-0.2, -0.15) is 0 Å². The van der Waals surface area contributed by atoms with Crippen molar-refractivity contribution in [1.82, 2.24) is 0 Å². The third kappa shape index (κ3) is 3.78. The van der Waals surface area contributed by atoms with Gasteiger partial charge in [-0.05, 0) is 42.0 Å². The maximum Gasteiger partial charge on any atom is 0.418 e. The molecular formula is C21H27NO2. The Balaban J connectivity index is 2.72. The van der Waals surface area contributed by atoms with Gasteiger partial charge in [0, 0.05) is 0 Å². The van der Waals surface area contributed by atoms with Crippen LogP contribution in [0.1, 0.15) is 57.6 Å². The summed E-state index contributed by atoms with van der Waals surface area (Å²) < 4.78 is 5.37. The van der Waals surface area contributed by atoms with Gasteiger partial charge in [-0.1, -0.05) is 64.1 Å². The SMILES string of the molecule is CCOC(=O)N(c1ccccc1)c1c(C(C)C)cccc1C(C)C. The molecular weight excluding hydrogens is 298 g/mol. The van der Waals surface area contributed by atoms with E-state index in [1.807, 2.05) is 37.3 Å². The number of rotatable bonds is 5. The van der Waals surface area contributed by atoms with Crippen molar-refractivity contribution in [2.75, 3.05) is 11.5 Å². The second kappa shape index (κ2) is 8.00. The topological polar surface area (TPSA) is 29.5 Å². The summed E-state index contributed by atoms with van der Waals surface area (Å²) in [7, 11) is 0. The Bertz CT molecular complexity index is 651. The Hall–Kier alpha value is -2.29. The molecule has 0 heterocycles. The van der Waals surface area contributed by atoms with Crippen molar-refractivity contribution in [2.24, 2.45) is 0 Å². The standard InChI is InChI=1S/C21H27NO2/c1-6-24-21(23)22(17-11-8-7-9-12-17)20-18(15(2)3)13-10-14-19(20)16(4)5/h7-16H,6H2,1-5H3. The number of hydrogen-bond acceptors (Lipinski definition) is 2. The van der Waals surface area contributed by atoms with Gasteiger partial charge in [0.1, 0.15) is 0 Å². The second-order valence-corrected chi connectivity index (χ2v) is 6.46. The summed E-state index contributed by atoms with van der Waals surface area (Å²) in [4.78, 5) is 14.5. The van der Waals surface area contributed by atoms with E-state index in [0.29, 0.717) is 18.4 Å². The number of nitrogens with zero attached hydrogens (tertiary/aromatic N) is 1. The lowest BCUT2D eigenvalue weighted by Crippen LogP contribution is -2.29. The van der Waals surface area contributed by atoms with E-state index in [4.69, 9.17) is 4.74 Å². The highest BCUT2D eigenvalue weighted by Crippen LogP contribution is 2.39. The van der Waals surface area contributed by atoms with E-state index in [9.17, 15) is 4.79 Å². The summed E-state index contributed by atoms with van der Waals surface area (Å²) in [5.41, 5.74) is 4.08. The molecule has 0 spiro atoms. The monoisotopic (exact) mass is 325 g/mol. The van der Waals surface area contributed by atoms with Crippen LogP contribution in [0.2, 0.25) is 0 Å². The van der Waals surface area contributed by atoms with Gasteiger partial charge in [0.15, 0.2) is 0 Å². The number of anilines is 2. The highest BCUT2D eigenvalue weighted by molar-refractivity contribution is 5.98. The Morgan fingerprint density at radius 3 is 1.92 bits per heavy atom. The summed E-state index contributed by atoms with van der Waals surface area (Å²) in [5, 5.41) is 0. The quantitative estimate of drug-likeness (QED) is 0.652.